The number of fused-ring (bicyclic) bond motifs is 10. The normalized spacial score (nSPS) is 18.6. The molecule has 2 unspecified atom stereocenters. The lowest BCUT2D eigenvalue weighted by Crippen LogP contribution is -2.36. The summed E-state index contributed by atoms with van der Waals surface area (Å²) < 4.78 is 0. The lowest BCUT2D eigenvalue weighted by Gasteiger charge is -2.45. The molecule has 284 valence electrons. The Morgan fingerprint density at radius 3 is 1.78 bits per heavy atom. The summed E-state index contributed by atoms with van der Waals surface area (Å²) in [7, 11) is 0. The van der Waals surface area contributed by atoms with E-state index < -0.39 is 5.41 Å². The number of nitrogens with zero attached hydrogens (tertiary/aromatic N) is 2. The quantitative estimate of drug-likeness (QED) is 0.130. The number of nitrogens with one attached hydrogen (secondary N) is 1. The summed E-state index contributed by atoms with van der Waals surface area (Å²) in [5, 5.41) is 3.75. The lowest BCUT2D eigenvalue weighted by molar-refractivity contribution is 0.753. The van der Waals surface area contributed by atoms with Crippen LogP contribution in [0.4, 0.5) is 17.1 Å². The van der Waals surface area contributed by atoms with E-state index in [9.17, 15) is 0 Å². The van der Waals surface area contributed by atoms with Gasteiger partial charge in [0, 0.05) is 5.69 Å². The molecule has 12 rings (SSSR count). The van der Waals surface area contributed by atoms with Crippen molar-refractivity contribution in [1.82, 2.24) is 5.32 Å². The minimum Gasteiger partial charge on any atom is -0.310 e. The minimum absolute atomic E-state index is 0.245. The summed E-state index contributed by atoms with van der Waals surface area (Å²) in [5.74, 6) is 0. The first-order valence-corrected chi connectivity index (χ1v) is 20.9. The molecule has 3 heteroatoms. The molecule has 0 aromatic heterocycles. The zero-order chi connectivity index (χ0) is 39.7. The third-order valence-corrected chi connectivity index (χ3v) is 13.1. The number of benzene rings is 8. The van der Waals surface area contributed by atoms with Crippen LogP contribution in [0.5, 0.6) is 0 Å². The van der Waals surface area contributed by atoms with E-state index in [-0.39, 0.29) is 11.6 Å². The predicted octanol–water partition coefficient (Wildman–Crippen LogP) is 13.0. The Morgan fingerprint density at radius 2 is 1.07 bits per heavy atom. The van der Waals surface area contributed by atoms with Crippen LogP contribution in [0.15, 0.2) is 229 Å². The molecule has 4 aliphatic rings. The molecule has 0 radical (unpaired) electrons. The molecule has 8 aromatic rings. The maximum Gasteiger partial charge on any atom is 0.0995 e. The molecule has 2 atom stereocenters. The topological polar surface area (TPSA) is 37.5 Å². The third-order valence-electron chi connectivity index (χ3n) is 13.1. The Hall–Kier alpha value is -7.33. The number of allylic oxidation sites excluding steroid dienone is 2. The first-order valence-electron chi connectivity index (χ1n) is 20.9. The van der Waals surface area contributed by atoms with Crippen molar-refractivity contribution < 1.29 is 0 Å². The first kappa shape index (κ1) is 34.7. The lowest BCUT2D eigenvalue weighted by atomic mass is 9.64. The fraction of sp³-hybridized carbons (Fsp3) is 0.0702. The molecule has 0 amide bonds. The highest BCUT2D eigenvalue weighted by atomic mass is 15.2. The molecule has 60 heavy (non-hydrogen) atoms. The van der Waals surface area contributed by atoms with Gasteiger partial charge in [-0.3, -0.25) is 10.3 Å². The van der Waals surface area contributed by atoms with Crippen LogP contribution in [0.25, 0.3) is 33.4 Å². The van der Waals surface area contributed by atoms with E-state index in [2.05, 4.69) is 235 Å². The van der Waals surface area contributed by atoms with E-state index in [1.165, 1.54) is 72.6 Å². The second-order valence-corrected chi connectivity index (χ2v) is 16.3. The fourth-order valence-corrected chi connectivity index (χ4v) is 10.3. The monoisotopic (exact) mass is 767 g/mol. The molecule has 1 N–H and O–H groups in total. The summed E-state index contributed by atoms with van der Waals surface area (Å²) in [4.78, 5) is 7.81. The molecule has 2 aliphatic heterocycles. The third kappa shape index (κ3) is 5.23. The zero-order valence-corrected chi connectivity index (χ0v) is 33.0. The Bertz CT molecular complexity index is 2990. The average Bonchev–Trinajstić information content (AvgIpc) is 4.00. The smallest absolute Gasteiger partial charge is 0.0995 e. The van der Waals surface area contributed by atoms with Crippen molar-refractivity contribution in [2.24, 2.45) is 4.99 Å². The predicted molar refractivity (Wildman–Crippen MR) is 247 cm³/mol. The van der Waals surface area contributed by atoms with Crippen molar-refractivity contribution >= 4 is 22.8 Å². The minimum atomic E-state index is -0.494. The van der Waals surface area contributed by atoms with Crippen LogP contribution in [-0.4, -0.2) is 17.3 Å². The van der Waals surface area contributed by atoms with Crippen LogP contribution in [-0.2, 0) is 12.0 Å². The van der Waals surface area contributed by atoms with Gasteiger partial charge < -0.3 is 4.90 Å². The van der Waals surface area contributed by atoms with Gasteiger partial charge in [0.2, 0.25) is 0 Å². The molecule has 2 heterocycles. The van der Waals surface area contributed by atoms with E-state index in [4.69, 9.17) is 4.99 Å². The molecule has 1 fully saturated rings. The summed E-state index contributed by atoms with van der Waals surface area (Å²) in [6, 6.07) is 73.7. The van der Waals surface area contributed by atoms with E-state index in [0.29, 0.717) is 6.54 Å². The Morgan fingerprint density at radius 1 is 0.500 bits per heavy atom. The second-order valence-electron chi connectivity index (χ2n) is 16.3. The second kappa shape index (κ2) is 13.6. The molecule has 1 spiro atoms. The number of aliphatic imine (C=N–C) groups is 1. The van der Waals surface area contributed by atoms with Gasteiger partial charge in [0.05, 0.1) is 40.6 Å². The number of para-hydroxylation sites is 3. The molecule has 8 aromatic carbocycles. The number of anilines is 3. The summed E-state index contributed by atoms with van der Waals surface area (Å²) in [6.07, 6.45) is 8.80. The Kier molecular flexibility index (Phi) is 7.88. The Balaban J connectivity index is 0.952. The van der Waals surface area contributed by atoms with Gasteiger partial charge in [-0.15, -0.1) is 0 Å². The highest BCUT2D eigenvalue weighted by Crippen LogP contribution is 2.63. The van der Waals surface area contributed by atoms with E-state index in [0.717, 1.165) is 17.0 Å². The summed E-state index contributed by atoms with van der Waals surface area (Å²) >= 11 is 0. The van der Waals surface area contributed by atoms with Crippen LogP contribution >= 0.6 is 0 Å². The highest BCUT2D eigenvalue weighted by molar-refractivity contribution is 6.12. The van der Waals surface area contributed by atoms with Crippen LogP contribution in [0.1, 0.15) is 33.4 Å². The van der Waals surface area contributed by atoms with Crippen molar-refractivity contribution in [1.29, 1.82) is 0 Å². The highest BCUT2D eigenvalue weighted by Gasteiger charge is 2.55. The first-order chi connectivity index (χ1) is 29.7. The van der Waals surface area contributed by atoms with Crippen LogP contribution in [0.2, 0.25) is 0 Å². The van der Waals surface area contributed by atoms with Crippen molar-refractivity contribution in [2.45, 2.75) is 23.5 Å². The van der Waals surface area contributed by atoms with Crippen LogP contribution in [0, 0.1) is 0 Å². The number of hydrogen-bond donors (Lipinski definition) is 1. The molecule has 1 saturated heterocycles. The van der Waals surface area contributed by atoms with Gasteiger partial charge in [-0.2, -0.15) is 0 Å². The molecular weight excluding hydrogens is 727 g/mol. The zero-order valence-electron chi connectivity index (χ0n) is 33.0. The summed E-state index contributed by atoms with van der Waals surface area (Å²) in [5.41, 5.74) is 18.8. The van der Waals surface area contributed by atoms with E-state index >= 15 is 0 Å². The SMILES string of the molecule is C1=CC2NC2(/C(=N\Cc2ccc(-c3ccccc3)cc2)c2ccc(-c3ccc4c(c3)C3(c5ccccc5-4)c4ccccc4N(c4ccccc4)c4ccccc43)cc2)C=C1. The standard InChI is InChI=1S/C57H41N3/c1-3-15-40(16-4-1)41-28-26-39(27-29-41)38-58-55(56-36-14-13-25-54(56)59-56)43-32-30-42(31-33-43)44-34-35-47-46-19-7-8-20-48(46)57(51(47)37-44)49-21-9-11-23-52(49)60(45-17-5-2-6-18-45)53-24-12-10-22-50(53)57/h1-37,54,59H,38H2/b58-55-. The van der Waals surface area contributed by atoms with Crippen molar-refractivity contribution in [3.8, 4) is 33.4 Å². The van der Waals surface area contributed by atoms with E-state index in [1.54, 1.807) is 0 Å². The molecular formula is C57H41N3. The fourth-order valence-electron chi connectivity index (χ4n) is 10.3. The average molecular weight is 768 g/mol. The van der Waals surface area contributed by atoms with Gasteiger partial charge in [-0.25, -0.2) is 0 Å². The van der Waals surface area contributed by atoms with Crippen molar-refractivity contribution in [2.75, 3.05) is 4.90 Å². The largest absolute Gasteiger partial charge is 0.310 e. The van der Waals surface area contributed by atoms with Gasteiger partial charge in [0.15, 0.2) is 0 Å². The number of hydrogen-bond acceptors (Lipinski definition) is 3. The van der Waals surface area contributed by atoms with Gasteiger partial charge in [0.25, 0.3) is 0 Å². The van der Waals surface area contributed by atoms with Gasteiger partial charge in [0.1, 0.15) is 0 Å². The summed E-state index contributed by atoms with van der Waals surface area (Å²) in [6.45, 7) is 0.609. The van der Waals surface area contributed by atoms with Gasteiger partial charge in [-0.05, 0) is 97.1 Å². The van der Waals surface area contributed by atoms with Crippen LogP contribution < -0.4 is 10.2 Å². The van der Waals surface area contributed by atoms with E-state index in [1.807, 2.05) is 0 Å². The number of rotatable bonds is 7. The molecule has 2 aliphatic carbocycles. The molecule has 0 bridgehead atoms. The van der Waals surface area contributed by atoms with Crippen LogP contribution in [0.3, 0.4) is 0 Å². The van der Waals surface area contributed by atoms with Gasteiger partial charge >= 0.3 is 0 Å². The molecule has 0 saturated carbocycles. The maximum atomic E-state index is 5.37. The van der Waals surface area contributed by atoms with Crippen molar-refractivity contribution in [3.63, 3.8) is 0 Å². The van der Waals surface area contributed by atoms with Gasteiger partial charge in [-0.1, -0.05) is 194 Å². The Labute approximate surface area is 351 Å². The maximum absolute atomic E-state index is 5.37. The van der Waals surface area contributed by atoms with Crippen molar-refractivity contribution in [3.05, 3.63) is 258 Å². The molecule has 3 nitrogen and oxygen atoms in total.